The third-order valence-electron chi connectivity index (χ3n) is 2.27. The van der Waals surface area contributed by atoms with E-state index in [-0.39, 0.29) is 0 Å². The lowest BCUT2D eigenvalue weighted by Gasteiger charge is -2.09. The zero-order chi connectivity index (χ0) is 12.2. The molecule has 0 aromatic heterocycles. The van der Waals surface area contributed by atoms with Crippen molar-refractivity contribution in [1.82, 2.24) is 0 Å². The third-order valence-corrected chi connectivity index (χ3v) is 4.44. The van der Waals surface area contributed by atoms with Crippen LogP contribution in [0.4, 0.5) is 0 Å². The molecule has 0 fully saturated rings. The minimum absolute atomic E-state index is 0.832. The Bertz CT molecular complexity index is 389. The minimum atomic E-state index is -0.879. The van der Waals surface area contributed by atoms with Crippen molar-refractivity contribution >= 4 is 14.0 Å². The summed E-state index contributed by atoms with van der Waals surface area (Å²) in [5, 5.41) is 10.9. The molecular weight excluding hydrogens is 212 g/mol. The van der Waals surface area contributed by atoms with Crippen LogP contribution in [0.1, 0.15) is 26.3 Å². The van der Waals surface area contributed by atoms with Gasteiger partial charge in [-0.15, -0.1) is 5.54 Å². The van der Waals surface area contributed by atoms with E-state index in [2.05, 4.69) is 49.6 Å². The quantitative estimate of drug-likeness (QED) is 0.610. The fraction of sp³-hybridized carbons (Fsp3) is 0.429. The van der Waals surface area contributed by atoms with Gasteiger partial charge in [-0.3, -0.25) is 0 Å². The highest BCUT2D eigenvalue weighted by Gasteiger charge is 2.11. The first-order valence-corrected chi connectivity index (χ1v) is 7.31. The SMILES string of the molecule is CC[Si](C#CC(C)(C)O)c1ccc(C)cc1. The van der Waals surface area contributed by atoms with Gasteiger partial charge in [-0.05, 0) is 32.0 Å². The van der Waals surface area contributed by atoms with E-state index in [9.17, 15) is 5.11 Å². The van der Waals surface area contributed by atoms with Gasteiger partial charge < -0.3 is 5.11 Å². The van der Waals surface area contributed by atoms with Crippen LogP contribution in [0.5, 0.6) is 0 Å². The second kappa shape index (κ2) is 5.34. The lowest BCUT2D eigenvalue weighted by Crippen LogP contribution is -2.28. The molecule has 1 aromatic rings. The number of aryl methyl sites for hydroxylation is 1. The molecule has 16 heavy (non-hydrogen) atoms. The first-order valence-electron chi connectivity index (χ1n) is 5.61. The summed E-state index contributed by atoms with van der Waals surface area (Å²) in [6.45, 7) is 7.70. The van der Waals surface area contributed by atoms with Crippen LogP contribution in [0.15, 0.2) is 24.3 Å². The van der Waals surface area contributed by atoms with E-state index in [0.717, 1.165) is 6.04 Å². The van der Waals surface area contributed by atoms with Gasteiger partial charge in [-0.25, -0.2) is 0 Å². The molecule has 0 amide bonds. The maximum Gasteiger partial charge on any atom is 0.178 e. The van der Waals surface area contributed by atoms with Crippen molar-refractivity contribution in [3.05, 3.63) is 29.8 Å². The van der Waals surface area contributed by atoms with Crippen LogP contribution in [0.25, 0.3) is 0 Å². The molecule has 0 aliphatic heterocycles. The third kappa shape index (κ3) is 4.22. The summed E-state index contributed by atoms with van der Waals surface area (Å²) in [5.74, 6) is 2.94. The van der Waals surface area contributed by atoms with Crippen molar-refractivity contribution in [2.75, 3.05) is 0 Å². The Morgan fingerprint density at radius 2 is 1.81 bits per heavy atom. The van der Waals surface area contributed by atoms with Crippen LogP contribution >= 0.6 is 0 Å². The molecule has 0 bridgehead atoms. The van der Waals surface area contributed by atoms with Gasteiger partial charge in [0.25, 0.3) is 0 Å². The minimum Gasteiger partial charge on any atom is -0.378 e. The molecule has 1 aromatic carbocycles. The Hall–Kier alpha value is -1.04. The average molecular weight is 231 g/mol. The zero-order valence-corrected chi connectivity index (χ0v) is 11.5. The predicted molar refractivity (Wildman–Crippen MR) is 71.1 cm³/mol. The van der Waals surface area contributed by atoms with E-state index in [1.807, 2.05) is 0 Å². The largest absolute Gasteiger partial charge is 0.378 e. The second-order valence-corrected chi connectivity index (χ2v) is 7.00. The molecule has 0 spiro atoms. The van der Waals surface area contributed by atoms with Gasteiger partial charge in [0.05, 0.1) is 0 Å². The molecule has 1 rings (SSSR count). The van der Waals surface area contributed by atoms with Gasteiger partial charge in [0.1, 0.15) is 5.60 Å². The summed E-state index contributed by atoms with van der Waals surface area (Å²) in [7, 11) is -0.832. The summed E-state index contributed by atoms with van der Waals surface area (Å²) in [6.07, 6.45) is 0. The van der Waals surface area contributed by atoms with Gasteiger partial charge >= 0.3 is 0 Å². The van der Waals surface area contributed by atoms with Gasteiger partial charge in [-0.1, -0.05) is 42.7 Å². The summed E-state index contributed by atoms with van der Waals surface area (Å²) in [6, 6.07) is 9.64. The van der Waals surface area contributed by atoms with Crippen LogP contribution in [0, 0.1) is 18.4 Å². The van der Waals surface area contributed by atoms with Crippen molar-refractivity contribution in [3.63, 3.8) is 0 Å². The monoisotopic (exact) mass is 231 g/mol. The van der Waals surface area contributed by atoms with Crippen molar-refractivity contribution in [3.8, 4) is 11.5 Å². The predicted octanol–water partition coefficient (Wildman–Crippen LogP) is 2.03. The first kappa shape index (κ1) is 13.0. The summed E-state index contributed by atoms with van der Waals surface area (Å²) >= 11 is 0. The molecule has 0 aliphatic rings. The van der Waals surface area contributed by atoms with E-state index in [1.165, 1.54) is 10.8 Å². The van der Waals surface area contributed by atoms with E-state index in [4.69, 9.17) is 0 Å². The highest BCUT2D eigenvalue weighted by molar-refractivity contribution is 6.80. The number of aliphatic hydroxyl groups is 1. The topological polar surface area (TPSA) is 20.2 Å². The molecule has 0 saturated heterocycles. The number of hydrogen-bond donors (Lipinski definition) is 1. The van der Waals surface area contributed by atoms with E-state index < -0.39 is 14.4 Å². The standard InChI is InChI=1S/C14H19OSi/c1-5-16(11-10-14(3,4)15)13-8-6-12(2)7-9-13/h6-9,15H,5H2,1-4H3. The van der Waals surface area contributed by atoms with Gasteiger partial charge in [0, 0.05) is 0 Å². The van der Waals surface area contributed by atoms with Crippen molar-refractivity contribution in [1.29, 1.82) is 0 Å². The molecule has 2 heteroatoms. The van der Waals surface area contributed by atoms with Gasteiger partial charge in [0.15, 0.2) is 8.80 Å². The van der Waals surface area contributed by atoms with Crippen LogP contribution in [0.3, 0.4) is 0 Å². The molecule has 1 radical (unpaired) electrons. The zero-order valence-electron chi connectivity index (χ0n) is 10.5. The Labute approximate surface area is 100 Å². The van der Waals surface area contributed by atoms with Crippen molar-refractivity contribution in [2.45, 2.75) is 39.3 Å². The molecule has 85 valence electrons. The Balaban J connectivity index is 2.90. The van der Waals surface area contributed by atoms with Crippen LogP contribution in [0.2, 0.25) is 6.04 Å². The fourth-order valence-corrected chi connectivity index (χ4v) is 3.10. The Kier molecular flexibility index (Phi) is 4.34. The maximum absolute atomic E-state index is 9.60. The van der Waals surface area contributed by atoms with Crippen molar-refractivity contribution in [2.24, 2.45) is 0 Å². The number of hydrogen-bond acceptors (Lipinski definition) is 1. The lowest BCUT2D eigenvalue weighted by molar-refractivity contribution is 0.143. The van der Waals surface area contributed by atoms with Crippen LogP contribution in [-0.2, 0) is 0 Å². The smallest absolute Gasteiger partial charge is 0.178 e. The molecule has 0 atom stereocenters. The average Bonchev–Trinajstić information content (AvgIpc) is 2.20. The van der Waals surface area contributed by atoms with Gasteiger partial charge in [-0.2, -0.15) is 0 Å². The van der Waals surface area contributed by atoms with Crippen molar-refractivity contribution < 1.29 is 5.11 Å². The van der Waals surface area contributed by atoms with E-state index >= 15 is 0 Å². The lowest BCUT2D eigenvalue weighted by atomic mass is 10.2. The summed E-state index contributed by atoms with van der Waals surface area (Å²) < 4.78 is 0. The first-order chi connectivity index (χ1) is 7.42. The summed E-state index contributed by atoms with van der Waals surface area (Å²) in [4.78, 5) is 0. The molecule has 0 saturated carbocycles. The summed E-state index contributed by atoms with van der Waals surface area (Å²) in [5.41, 5.74) is 3.64. The van der Waals surface area contributed by atoms with Gasteiger partial charge in [0.2, 0.25) is 0 Å². The maximum atomic E-state index is 9.60. The highest BCUT2D eigenvalue weighted by atomic mass is 28.3. The Morgan fingerprint density at radius 1 is 1.25 bits per heavy atom. The normalized spacial score (nSPS) is 11.1. The highest BCUT2D eigenvalue weighted by Crippen LogP contribution is 2.00. The second-order valence-electron chi connectivity index (χ2n) is 4.51. The molecule has 0 aliphatic carbocycles. The molecule has 0 unspecified atom stereocenters. The van der Waals surface area contributed by atoms with Crippen LogP contribution < -0.4 is 5.19 Å². The Morgan fingerprint density at radius 3 is 2.25 bits per heavy atom. The molecular formula is C14H19OSi. The fourth-order valence-electron chi connectivity index (χ4n) is 1.35. The van der Waals surface area contributed by atoms with E-state index in [0.29, 0.717) is 0 Å². The number of benzene rings is 1. The molecule has 0 heterocycles. The molecule has 1 nitrogen and oxygen atoms in total. The number of rotatable bonds is 2. The van der Waals surface area contributed by atoms with E-state index in [1.54, 1.807) is 13.8 Å². The molecule has 1 N–H and O–H groups in total. The van der Waals surface area contributed by atoms with Crippen LogP contribution in [-0.4, -0.2) is 19.5 Å².